The molecule has 0 saturated carbocycles. The Morgan fingerprint density at radius 1 is 1.12 bits per heavy atom. The number of benzene rings is 3. The Kier molecular flexibility index (Phi) is 6.67. The summed E-state index contributed by atoms with van der Waals surface area (Å²) < 4.78 is 12.3. The number of halogens is 1. The number of rotatable bonds is 7. The van der Waals surface area contributed by atoms with Gasteiger partial charge in [0.1, 0.15) is 6.07 Å². The molecule has 164 valence electrons. The third kappa shape index (κ3) is 4.71. The van der Waals surface area contributed by atoms with Crippen LogP contribution in [0.4, 0.5) is 0 Å². The average Bonchev–Trinajstić information content (AvgIpc) is 2.83. The molecule has 3 aromatic carbocycles. The summed E-state index contributed by atoms with van der Waals surface area (Å²) in [6.45, 7) is 2.05. The van der Waals surface area contributed by atoms with E-state index in [1.807, 2.05) is 49.4 Å². The van der Waals surface area contributed by atoms with Crippen molar-refractivity contribution in [2.75, 3.05) is 13.2 Å². The van der Waals surface area contributed by atoms with Crippen LogP contribution in [-0.2, 0) is 0 Å². The second-order valence-electron chi connectivity index (χ2n) is 6.89. The fraction of sp³-hybridized carbons (Fsp3) is 0.120. The van der Waals surface area contributed by atoms with Crippen molar-refractivity contribution >= 4 is 28.7 Å². The summed E-state index contributed by atoms with van der Waals surface area (Å²) in [4.78, 5) is 17.9. The first kappa shape index (κ1) is 22.1. The summed E-state index contributed by atoms with van der Waals surface area (Å²) in [7, 11) is 0. The standard InChI is InChI=1S/C25H19ClN4O3/c1-2-32-22-15-17(14-20(26)23(22)33-13-12-27)16-28-30-24(18-8-4-3-5-9-18)29-21-11-7-6-10-19(21)25(30)31/h3-11,14-16H,2,13H2,1H3. The van der Waals surface area contributed by atoms with Gasteiger partial charge < -0.3 is 9.47 Å². The molecule has 1 heterocycles. The smallest absolute Gasteiger partial charge is 0.282 e. The minimum absolute atomic E-state index is 0.161. The van der Waals surface area contributed by atoms with E-state index in [2.05, 4.69) is 10.1 Å². The number of nitrogens with zero attached hydrogens (tertiary/aromatic N) is 4. The van der Waals surface area contributed by atoms with Gasteiger partial charge in [0.05, 0.1) is 28.7 Å². The predicted octanol–water partition coefficient (Wildman–Crippen LogP) is 4.90. The van der Waals surface area contributed by atoms with Crippen molar-refractivity contribution in [1.29, 1.82) is 5.26 Å². The third-order valence-corrected chi connectivity index (χ3v) is 5.00. The zero-order valence-corrected chi connectivity index (χ0v) is 18.5. The van der Waals surface area contributed by atoms with E-state index in [1.165, 1.54) is 10.9 Å². The Morgan fingerprint density at radius 2 is 1.88 bits per heavy atom. The van der Waals surface area contributed by atoms with Crippen molar-refractivity contribution in [3.63, 3.8) is 0 Å². The molecule has 4 rings (SSSR count). The molecular weight excluding hydrogens is 440 g/mol. The molecule has 0 atom stereocenters. The van der Waals surface area contributed by atoms with Crippen molar-refractivity contribution in [3.8, 4) is 29.0 Å². The van der Waals surface area contributed by atoms with Gasteiger partial charge in [0, 0.05) is 5.56 Å². The van der Waals surface area contributed by atoms with Crippen LogP contribution in [0.15, 0.2) is 76.6 Å². The van der Waals surface area contributed by atoms with Crippen LogP contribution in [0.25, 0.3) is 22.3 Å². The molecule has 0 aliphatic heterocycles. The van der Waals surface area contributed by atoms with Crippen molar-refractivity contribution in [2.45, 2.75) is 6.92 Å². The van der Waals surface area contributed by atoms with Crippen LogP contribution >= 0.6 is 11.6 Å². The fourth-order valence-corrected chi connectivity index (χ4v) is 3.57. The Balaban J connectivity index is 1.84. The second kappa shape index (κ2) is 9.98. The summed E-state index contributed by atoms with van der Waals surface area (Å²) in [5, 5.41) is 14.0. The molecule has 4 aromatic rings. The Labute approximate surface area is 195 Å². The molecule has 0 aliphatic rings. The fourth-order valence-electron chi connectivity index (χ4n) is 3.30. The quantitative estimate of drug-likeness (QED) is 0.367. The molecule has 0 radical (unpaired) electrons. The molecule has 0 amide bonds. The normalized spacial score (nSPS) is 10.9. The van der Waals surface area contributed by atoms with Crippen molar-refractivity contribution < 1.29 is 9.47 Å². The van der Waals surface area contributed by atoms with Crippen LogP contribution in [0, 0.1) is 11.3 Å². The Hall–Kier alpha value is -4.15. The maximum atomic E-state index is 13.3. The van der Waals surface area contributed by atoms with Crippen molar-refractivity contribution in [2.24, 2.45) is 5.10 Å². The highest BCUT2D eigenvalue weighted by atomic mass is 35.5. The minimum atomic E-state index is -0.291. The van der Waals surface area contributed by atoms with Crippen LogP contribution in [0.3, 0.4) is 0 Å². The molecule has 0 aliphatic carbocycles. The maximum absolute atomic E-state index is 13.3. The van der Waals surface area contributed by atoms with Gasteiger partial charge in [-0.1, -0.05) is 54.1 Å². The highest BCUT2D eigenvalue weighted by molar-refractivity contribution is 6.32. The summed E-state index contributed by atoms with van der Waals surface area (Å²) in [5.74, 6) is 1.08. The van der Waals surface area contributed by atoms with Gasteiger partial charge in [-0.25, -0.2) is 4.98 Å². The summed E-state index contributed by atoms with van der Waals surface area (Å²) in [5.41, 5.74) is 1.65. The number of fused-ring (bicyclic) bond motifs is 1. The second-order valence-corrected chi connectivity index (χ2v) is 7.30. The zero-order chi connectivity index (χ0) is 23.2. The van der Waals surface area contributed by atoms with Crippen LogP contribution in [0.2, 0.25) is 5.02 Å². The van der Waals surface area contributed by atoms with Gasteiger partial charge in [-0.2, -0.15) is 15.0 Å². The molecule has 1 aromatic heterocycles. The summed E-state index contributed by atoms with van der Waals surface area (Å²) >= 11 is 6.37. The highest BCUT2D eigenvalue weighted by Gasteiger charge is 2.14. The monoisotopic (exact) mass is 458 g/mol. The molecule has 0 saturated heterocycles. The predicted molar refractivity (Wildman–Crippen MR) is 128 cm³/mol. The number of hydrogen-bond acceptors (Lipinski definition) is 6. The van der Waals surface area contributed by atoms with E-state index in [4.69, 9.17) is 26.3 Å². The highest BCUT2D eigenvalue weighted by Crippen LogP contribution is 2.36. The lowest BCUT2D eigenvalue weighted by molar-refractivity contribution is 0.299. The molecule has 7 nitrogen and oxygen atoms in total. The van der Waals surface area contributed by atoms with E-state index in [0.29, 0.717) is 34.6 Å². The van der Waals surface area contributed by atoms with Gasteiger partial charge in [0.2, 0.25) is 0 Å². The summed E-state index contributed by atoms with van der Waals surface area (Å²) in [6.07, 6.45) is 1.51. The van der Waals surface area contributed by atoms with E-state index in [-0.39, 0.29) is 22.9 Å². The van der Waals surface area contributed by atoms with Gasteiger partial charge in [-0.05, 0) is 36.8 Å². The van der Waals surface area contributed by atoms with Gasteiger partial charge in [0.25, 0.3) is 5.56 Å². The number of aromatic nitrogens is 2. The third-order valence-electron chi connectivity index (χ3n) is 4.72. The molecule has 0 fully saturated rings. The van der Waals surface area contributed by atoms with Crippen LogP contribution in [0.1, 0.15) is 12.5 Å². The minimum Gasteiger partial charge on any atom is -0.490 e. The molecule has 33 heavy (non-hydrogen) atoms. The van der Waals surface area contributed by atoms with Crippen molar-refractivity contribution in [1.82, 2.24) is 9.66 Å². The SMILES string of the molecule is CCOc1cc(C=Nn2c(-c3ccccc3)nc3ccccc3c2=O)cc(Cl)c1OCC#N. The maximum Gasteiger partial charge on any atom is 0.282 e. The number of hydrogen-bond donors (Lipinski definition) is 0. The number of ether oxygens (including phenoxy) is 2. The van der Waals surface area contributed by atoms with Gasteiger partial charge >= 0.3 is 0 Å². The van der Waals surface area contributed by atoms with Gasteiger partial charge in [-0.15, -0.1) is 0 Å². The first-order chi connectivity index (χ1) is 16.1. The lowest BCUT2D eigenvalue weighted by Crippen LogP contribution is -2.20. The van der Waals surface area contributed by atoms with E-state index in [1.54, 1.807) is 30.3 Å². The molecule has 0 N–H and O–H groups in total. The lowest BCUT2D eigenvalue weighted by atomic mass is 10.2. The van der Waals surface area contributed by atoms with Gasteiger partial charge in [0.15, 0.2) is 23.9 Å². The molecule has 8 heteroatoms. The average molecular weight is 459 g/mol. The Bertz CT molecular complexity index is 1430. The molecule has 0 spiro atoms. The van der Waals surface area contributed by atoms with Crippen LogP contribution < -0.4 is 15.0 Å². The molecule has 0 bridgehead atoms. The first-order valence-electron chi connectivity index (χ1n) is 10.2. The van der Waals surface area contributed by atoms with Crippen LogP contribution in [-0.4, -0.2) is 29.1 Å². The number of nitriles is 1. The molecular formula is C25H19ClN4O3. The largest absolute Gasteiger partial charge is 0.490 e. The van der Waals surface area contributed by atoms with Gasteiger partial charge in [-0.3, -0.25) is 4.79 Å². The topological polar surface area (TPSA) is 89.5 Å². The first-order valence-corrected chi connectivity index (χ1v) is 10.6. The van der Waals surface area contributed by atoms with E-state index >= 15 is 0 Å². The summed E-state index contributed by atoms with van der Waals surface area (Å²) in [6, 6.07) is 21.7. The van der Waals surface area contributed by atoms with E-state index < -0.39 is 0 Å². The zero-order valence-electron chi connectivity index (χ0n) is 17.7. The lowest BCUT2D eigenvalue weighted by Gasteiger charge is -2.13. The van der Waals surface area contributed by atoms with E-state index in [0.717, 1.165) is 5.56 Å². The number of para-hydroxylation sites is 1. The van der Waals surface area contributed by atoms with E-state index in [9.17, 15) is 4.79 Å². The van der Waals surface area contributed by atoms with Crippen molar-refractivity contribution in [3.05, 3.63) is 87.7 Å². The Morgan fingerprint density at radius 3 is 2.64 bits per heavy atom. The molecule has 0 unspecified atom stereocenters. The van der Waals surface area contributed by atoms with Crippen LogP contribution in [0.5, 0.6) is 11.5 Å².